The highest BCUT2D eigenvalue weighted by atomic mass is 16.6. The molecule has 2 spiro atoms. The van der Waals surface area contributed by atoms with Gasteiger partial charge in [-0.05, 0) is 56.1 Å². The van der Waals surface area contributed by atoms with E-state index in [1.807, 2.05) is 17.9 Å². The van der Waals surface area contributed by atoms with E-state index in [1.54, 1.807) is 14.2 Å². The molecule has 1 aromatic carbocycles. The van der Waals surface area contributed by atoms with Crippen LogP contribution in [0, 0.1) is 28.2 Å². The number of piperidine rings is 1. The van der Waals surface area contributed by atoms with E-state index in [2.05, 4.69) is 33.0 Å². The molecule has 0 radical (unpaired) electrons. The molecular formula is C27H36N2O4. The van der Waals surface area contributed by atoms with E-state index >= 15 is 0 Å². The molecule has 1 N–H and O–H groups in total. The Balaban J connectivity index is 1.66. The third-order valence-electron chi connectivity index (χ3n) is 10.9. The summed E-state index contributed by atoms with van der Waals surface area (Å²) >= 11 is 0. The fourth-order valence-electron chi connectivity index (χ4n) is 8.91. The lowest BCUT2D eigenvalue weighted by Crippen LogP contribution is -2.83. The summed E-state index contributed by atoms with van der Waals surface area (Å²) in [6.45, 7) is 9.05. The summed E-state index contributed by atoms with van der Waals surface area (Å²) in [5.74, 6) is 1.54. The van der Waals surface area contributed by atoms with Crippen LogP contribution in [0.1, 0.15) is 64.5 Å². The van der Waals surface area contributed by atoms with Crippen LogP contribution in [0.25, 0.3) is 0 Å². The van der Waals surface area contributed by atoms with Crippen molar-refractivity contribution in [3.63, 3.8) is 0 Å². The Labute approximate surface area is 196 Å². The zero-order valence-electron chi connectivity index (χ0n) is 20.7. The number of hydrogen-bond donors (Lipinski definition) is 1. The lowest BCUT2D eigenvalue weighted by atomic mass is 9.33. The minimum Gasteiger partial charge on any atom is -0.493 e. The largest absolute Gasteiger partial charge is 0.493 e. The Bertz CT molecular complexity index is 1070. The number of aliphatic hydroxyl groups is 1. The molecule has 33 heavy (non-hydrogen) atoms. The Morgan fingerprint density at radius 3 is 2.58 bits per heavy atom. The molecule has 2 aliphatic heterocycles. The van der Waals surface area contributed by atoms with Crippen molar-refractivity contribution in [3.05, 3.63) is 23.3 Å². The predicted octanol–water partition coefficient (Wildman–Crippen LogP) is 3.79. The number of nitriles is 1. The van der Waals surface area contributed by atoms with Crippen LogP contribution in [-0.4, -0.2) is 54.1 Å². The van der Waals surface area contributed by atoms with E-state index in [4.69, 9.17) is 14.2 Å². The number of nitrogens with zero attached hydrogens (tertiary/aromatic N) is 2. The summed E-state index contributed by atoms with van der Waals surface area (Å²) in [4.78, 5) is 2.03. The highest BCUT2D eigenvalue weighted by Crippen LogP contribution is 2.77. The third kappa shape index (κ3) is 2.10. The fraction of sp³-hybridized carbons (Fsp3) is 0.741. The predicted molar refractivity (Wildman–Crippen MR) is 123 cm³/mol. The summed E-state index contributed by atoms with van der Waals surface area (Å²) in [6.07, 6.45) is 6.68. The monoisotopic (exact) mass is 452 g/mol. The molecule has 1 saturated heterocycles. The summed E-state index contributed by atoms with van der Waals surface area (Å²) in [5.41, 5.74) is 0.315. The van der Waals surface area contributed by atoms with Gasteiger partial charge in [-0.2, -0.15) is 5.26 Å². The maximum Gasteiger partial charge on any atom is 0.179 e. The van der Waals surface area contributed by atoms with Gasteiger partial charge in [0.05, 0.1) is 12.7 Å². The van der Waals surface area contributed by atoms with Crippen molar-refractivity contribution < 1.29 is 19.3 Å². The Morgan fingerprint density at radius 2 is 1.94 bits per heavy atom. The van der Waals surface area contributed by atoms with Gasteiger partial charge in [0.15, 0.2) is 17.7 Å². The van der Waals surface area contributed by atoms with Crippen LogP contribution in [0.3, 0.4) is 0 Å². The number of rotatable bonds is 3. The van der Waals surface area contributed by atoms with Crippen molar-refractivity contribution in [1.82, 2.24) is 4.90 Å². The SMILES string of the molecule is COc1ccc2c3c1O[C@@H]1C34CCN(C#N)[C@H](C2)[C@]42CC[C@@]1(OC)[C@@H](C(C)(O)C(C)(C)C)C2. The first-order valence-corrected chi connectivity index (χ1v) is 12.3. The second kappa shape index (κ2) is 6.17. The first-order chi connectivity index (χ1) is 15.5. The summed E-state index contributed by atoms with van der Waals surface area (Å²) < 4.78 is 19.3. The lowest BCUT2D eigenvalue weighted by Gasteiger charge is -2.75. The molecule has 6 aliphatic rings. The second-order valence-electron chi connectivity index (χ2n) is 12.3. The second-order valence-corrected chi connectivity index (χ2v) is 12.3. The van der Waals surface area contributed by atoms with Gasteiger partial charge in [0.1, 0.15) is 11.7 Å². The van der Waals surface area contributed by atoms with Crippen molar-refractivity contribution in [1.29, 1.82) is 5.26 Å². The van der Waals surface area contributed by atoms with Crippen molar-refractivity contribution >= 4 is 0 Å². The van der Waals surface area contributed by atoms with Gasteiger partial charge >= 0.3 is 0 Å². The molecule has 2 unspecified atom stereocenters. The quantitative estimate of drug-likeness (QED) is 0.704. The summed E-state index contributed by atoms with van der Waals surface area (Å²) in [5, 5.41) is 22.2. The Morgan fingerprint density at radius 1 is 1.18 bits per heavy atom. The van der Waals surface area contributed by atoms with Crippen molar-refractivity contribution in [2.45, 2.75) is 88.6 Å². The normalized spacial score (nSPS) is 41.6. The molecular weight excluding hydrogens is 416 g/mol. The molecule has 1 aromatic rings. The zero-order valence-corrected chi connectivity index (χ0v) is 20.7. The molecule has 178 valence electrons. The maximum atomic E-state index is 12.1. The van der Waals surface area contributed by atoms with E-state index in [1.165, 1.54) is 11.1 Å². The standard InChI is InChI=1S/C27H36N2O4/c1-23(2,3)24(4,30)18-14-25-9-10-27(18,32-6)22-26(25)11-12-29(15-28)19(25)13-16-7-8-17(31-5)21(33-22)20(16)26/h7-8,18-19,22,30H,9-14H2,1-6H3/t18-,19-,22-,24?,25-,26?,27-/m1/s1. The fourth-order valence-corrected chi connectivity index (χ4v) is 8.91. The maximum absolute atomic E-state index is 12.1. The van der Waals surface area contributed by atoms with Gasteiger partial charge in [-0.25, -0.2) is 0 Å². The van der Waals surface area contributed by atoms with Gasteiger partial charge in [-0.1, -0.05) is 26.8 Å². The molecule has 4 fully saturated rings. The topological polar surface area (TPSA) is 75.0 Å². The lowest BCUT2D eigenvalue weighted by molar-refractivity contribution is -0.309. The molecule has 6 nitrogen and oxygen atoms in total. The Hall–Kier alpha value is -1.97. The first-order valence-electron chi connectivity index (χ1n) is 12.3. The molecule has 3 saturated carbocycles. The van der Waals surface area contributed by atoms with E-state index in [9.17, 15) is 10.4 Å². The Kier molecular flexibility index (Phi) is 4.03. The van der Waals surface area contributed by atoms with Gasteiger partial charge < -0.3 is 24.2 Å². The van der Waals surface area contributed by atoms with Gasteiger partial charge in [0.2, 0.25) is 0 Å². The van der Waals surface area contributed by atoms with Gasteiger partial charge in [0, 0.05) is 42.0 Å². The van der Waals surface area contributed by atoms with E-state index < -0.39 is 11.2 Å². The molecule has 2 heterocycles. The smallest absolute Gasteiger partial charge is 0.179 e. The van der Waals surface area contributed by atoms with Crippen LogP contribution in [-0.2, 0) is 16.6 Å². The van der Waals surface area contributed by atoms with Crippen LogP contribution in [0.15, 0.2) is 12.1 Å². The number of benzene rings is 1. The van der Waals surface area contributed by atoms with Gasteiger partial charge in [-0.15, -0.1) is 0 Å². The van der Waals surface area contributed by atoms with Crippen LogP contribution in [0.5, 0.6) is 11.5 Å². The van der Waals surface area contributed by atoms with E-state index in [0.29, 0.717) is 0 Å². The summed E-state index contributed by atoms with van der Waals surface area (Å²) in [7, 11) is 3.50. The molecule has 7 rings (SSSR count). The number of hydrogen-bond acceptors (Lipinski definition) is 6. The molecule has 0 aromatic heterocycles. The average Bonchev–Trinajstić information content (AvgIpc) is 3.15. The zero-order chi connectivity index (χ0) is 23.6. The molecule has 4 bridgehead atoms. The molecule has 0 amide bonds. The molecule has 6 heteroatoms. The number of ether oxygens (including phenoxy) is 3. The molecule has 7 atom stereocenters. The van der Waals surface area contributed by atoms with Gasteiger partial charge in [-0.3, -0.25) is 0 Å². The number of likely N-dealkylation sites (tertiary alicyclic amines) is 1. The van der Waals surface area contributed by atoms with E-state index in [0.717, 1.165) is 50.1 Å². The molecule has 4 aliphatic carbocycles. The van der Waals surface area contributed by atoms with Crippen LogP contribution in [0.4, 0.5) is 0 Å². The van der Waals surface area contributed by atoms with Gasteiger partial charge in [0.25, 0.3) is 0 Å². The van der Waals surface area contributed by atoms with Crippen molar-refractivity contribution in [2.75, 3.05) is 20.8 Å². The number of methoxy groups -OCH3 is 2. The minimum atomic E-state index is -0.966. The highest BCUT2D eigenvalue weighted by molar-refractivity contribution is 5.63. The summed E-state index contributed by atoms with van der Waals surface area (Å²) in [6, 6.07) is 4.30. The van der Waals surface area contributed by atoms with Crippen LogP contribution in [0.2, 0.25) is 0 Å². The third-order valence-corrected chi connectivity index (χ3v) is 10.9. The van der Waals surface area contributed by atoms with Crippen LogP contribution < -0.4 is 9.47 Å². The van der Waals surface area contributed by atoms with Crippen LogP contribution >= 0.6 is 0 Å². The minimum absolute atomic E-state index is 0.107. The van der Waals surface area contributed by atoms with Crippen molar-refractivity contribution in [2.24, 2.45) is 16.7 Å². The highest BCUT2D eigenvalue weighted by Gasteiger charge is 2.82. The average molecular weight is 453 g/mol. The first kappa shape index (κ1) is 21.6. The van der Waals surface area contributed by atoms with Crippen molar-refractivity contribution in [3.8, 4) is 17.7 Å². The van der Waals surface area contributed by atoms with E-state index in [-0.39, 0.29) is 34.3 Å². The number of fused-ring (bicyclic) bond motifs is 2.